The minimum Gasteiger partial charge on any atom is -0.493 e. The Bertz CT molecular complexity index is 388. The molecule has 1 saturated carbocycles. The van der Waals surface area contributed by atoms with Crippen LogP contribution < -0.4 is 10.1 Å². The number of hydrogen-bond acceptors (Lipinski definition) is 3. The molecule has 0 amide bonds. The smallest absolute Gasteiger partial charge is 0.122 e. The highest BCUT2D eigenvalue weighted by atomic mass is 16.5. The molecule has 3 nitrogen and oxygen atoms in total. The summed E-state index contributed by atoms with van der Waals surface area (Å²) in [5.41, 5.74) is 2.42. The standard InChI is InChI=1S/C15H23NO2/c1-11-4-5-13(12(2)16-14-6-7-14)10-15(11)18-9-3-8-17/h4-5,10,12,14,16-17H,3,6-9H2,1-2H3. The van der Waals surface area contributed by atoms with Gasteiger partial charge in [-0.1, -0.05) is 12.1 Å². The van der Waals surface area contributed by atoms with Gasteiger partial charge in [-0.3, -0.25) is 0 Å². The van der Waals surface area contributed by atoms with Gasteiger partial charge in [-0.15, -0.1) is 0 Å². The summed E-state index contributed by atoms with van der Waals surface area (Å²) in [5.74, 6) is 0.936. The van der Waals surface area contributed by atoms with Crippen molar-refractivity contribution in [2.75, 3.05) is 13.2 Å². The van der Waals surface area contributed by atoms with Crippen LogP contribution in [0, 0.1) is 6.92 Å². The minimum atomic E-state index is 0.179. The van der Waals surface area contributed by atoms with Crippen molar-refractivity contribution in [2.24, 2.45) is 0 Å². The molecule has 1 unspecified atom stereocenters. The molecule has 0 bridgehead atoms. The molecule has 1 aliphatic carbocycles. The molecular weight excluding hydrogens is 226 g/mol. The molecule has 2 N–H and O–H groups in total. The van der Waals surface area contributed by atoms with Crippen molar-refractivity contribution in [2.45, 2.75) is 45.2 Å². The zero-order valence-electron chi connectivity index (χ0n) is 11.3. The van der Waals surface area contributed by atoms with Crippen LogP contribution in [-0.2, 0) is 0 Å². The topological polar surface area (TPSA) is 41.5 Å². The number of rotatable bonds is 7. The molecule has 18 heavy (non-hydrogen) atoms. The Hall–Kier alpha value is -1.06. The molecule has 100 valence electrons. The lowest BCUT2D eigenvalue weighted by atomic mass is 10.1. The van der Waals surface area contributed by atoms with Gasteiger partial charge >= 0.3 is 0 Å². The van der Waals surface area contributed by atoms with Gasteiger partial charge in [0, 0.05) is 25.1 Å². The van der Waals surface area contributed by atoms with Gasteiger partial charge in [0.15, 0.2) is 0 Å². The molecule has 0 heterocycles. The Morgan fingerprint density at radius 2 is 2.22 bits per heavy atom. The SMILES string of the molecule is Cc1ccc(C(C)NC2CC2)cc1OCCCO. The van der Waals surface area contributed by atoms with Crippen LogP contribution >= 0.6 is 0 Å². The van der Waals surface area contributed by atoms with Crippen molar-refractivity contribution < 1.29 is 9.84 Å². The van der Waals surface area contributed by atoms with Gasteiger partial charge in [0.25, 0.3) is 0 Å². The van der Waals surface area contributed by atoms with E-state index in [2.05, 4.69) is 37.4 Å². The van der Waals surface area contributed by atoms with Crippen molar-refractivity contribution in [3.8, 4) is 5.75 Å². The molecule has 0 saturated heterocycles. The lowest BCUT2D eigenvalue weighted by Crippen LogP contribution is -2.20. The van der Waals surface area contributed by atoms with E-state index in [0.717, 1.165) is 11.3 Å². The molecule has 1 aromatic carbocycles. The number of aliphatic hydroxyl groups is 1. The summed E-state index contributed by atoms with van der Waals surface area (Å²) in [7, 11) is 0. The highest BCUT2D eigenvalue weighted by Gasteiger charge is 2.23. The molecular formula is C15H23NO2. The van der Waals surface area contributed by atoms with Gasteiger partial charge in [-0.2, -0.15) is 0 Å². The van der Waals surface area contributed by atoms with E-state index >= 15 is 0 Å². The fourth-order valence-corrected chi connectivity index (χ4v) is 1.99. The zero-order chi connectivity index (χ0) is 13.0. The van der Waals surface area contributed by atoms with Crippen molar-refractivity contribution in [3.63, 3.8) is 0 Å². The summed E-state index contributed by atoms with van der Waals surface area (Å²) < 4.78 is 5.70. The fraction of sp³-hybridized carbons (Fsp3) is 0.600. The Kier molecular flexibility index (Phi) is 4.61. The molecule has 1 aromatic rings. The van der Waals surface area contributed by atoms with Gasteiger partial charge in [-0.25, -0.2) is 0 Å². The van der Waals surface area contributed by atoms with Gasteiger partial charge < -0.3 is 15.2 Å². The van der Waals surface area contributed by atoms with E-state index in [-0.39, 0.29) is 6.61 Å². The second-order valence-electron chi connectivity index (χ2n) is 5.11. The first kappa shape index (κ1) is 13.4. The Balaban J connectivity index is 1.99. The largest absolute Gasteiger partial charge is 0.493 e. The zero-order valence-corrected chi connectivity index (χ0v) is 11.3. The van der Waals surface area contributed by atoms with Gasteiger partial charge in [0.1, 0.15) is 5.75 Å². The number of nitrogens with one attached hydrogen (secondary N) is 1. The summed E-state index contributed by atoms with van der Waals surface area (Å²) in [6, 6.07) is 7.47. The average molecular weight is 249 g/mol. The molecule has 2 rings (SSSR count). The quantitative estimate of drug-likeness (QED) is 0.730. The van der Waals surface area contributed by atoms with Crippen molar-refractivity contribution in [1.29, 1.82) is 0 Å². The first-order valence-corrected chi connectivity index (χ1v) is 6.81. The number of aliphatic hydroxyl groups excluding tert-OH is 1. The van der Waals surface area contributed by atoms with Gasteiger partial charge in [-0.05, 0) is 43.9 Å². The number of benzene rings is 1. The monoisotopic (exact) mass is 249 g/mol. The molecule has 1 atom stereocenters. The molecule has 0 spiro atoms. The first-order chi connectivity index (χ1) is 8.70. The molecule has 0 radical (unpaired) electrons. The van der Waals surface area contributed by atoms with Crippen molar-refractivity contribution >= 4 is 0 Å². The van der Waals surface area contributed by atoms with E-state index in [0.29, 0.717) is 25.1 Å². The van der Waals surface area contributed by atoms with E-state index in [1.807, 2.05) is 0 Å². The Labute approximate surface area is 109 Å². The fourth-order valence-electron chi connectivity index (χ4n) is 1.99. The number of aryl methyl sites for hydroxylation is 1. The summed E-state index contributed by atoms with van der Waals surface area (Å²) in [6.45, 7) is 5.00. The third-order valence-corrected chi connectivity index (χ3v) is 3.34. The first-order valence-electron chi connectivity index (χ1n) is 6.81. The third-order valence-electron chi connectivity index (χ3n) is 3.34. The average Bonchev–Trinajstić information content (AvgIpc) is 3.15. The highest BCUT2D eigenvalue weighted by Crippen LogP contribution is 2.27. The normalized spacial score (nSPS) is 16.6. The van der Waals surface area contributed by atoms with Crippen LogP contribution in [-0.4, -0.2) is 24.4 Å². The van der Waals surface area contributed by atoms with Crippen LogP contribution in [0.2, 0.25) is 0 Å². The van der Waals surface area contributed by atoms with Gasteiger partial charge in [0.2, 0.25) is 0 Å². The summed E-state index contributed by atoms with van der Waals surface area (Å²) in [4.78, 5) is 0. The summed E-state index contributed by atoms with van der Waals surface area (Å²) in [6.07, 6.45) is 3.28. The minimum absolute atomic E-state index is 0.179. The highest BCUT2D eigenvalue weighted by molar-refractivity contribution is 5.37. The lowest BCUT2D eigenvalue weighted by molar-refractivity contribution is 0.232. The lowest BCUT2D eigenvalue weighted by Gasteiger charge is -2.16. The third kappa shape index (κ3) is 3.72. The van der Waals surface area contributed by atoms with E-state index < -0.39 is 0 Å². The molecule has 0 aromatic heterocycles. The number of hydrogen-bond donors (Lipinski definition) is 2. The van der Waals surface area contributed by atoms with E-state index in [1.165, 1.54) is 18.4 Å². The maximum Gasteiger partial charge on any atom is 0.122 e. The van der Waals surface area contributed by atoms with E-state index in [9.17, 15) is 0 Å². The predicted molar refractivity (Wildman–Crippen MR) is 72.9 cm³/mol. The van der Waals surface area contributed by atoms with Crippen LogP contribution in [0.3, 0.4) is 0 Å². The predicted octanol–water partition coefficient (Wildman–Crippen LogP) is 2.57. The number of ether oxygens (including phenoxy) is 1. The molecule has 0 aliphatic heterocycles. The molecule has 3 heteroatoms. The van der Waals surface area contributed by atoms with E-state index in [1.54, 1.807) is 0 Å². The second kappa shape index (κ2) is 6.21. The maximum absolute atomic E-state index is 8.77. The summed E-state index contributed by atoms with van der Waals surface area (Å²) in [5, 5.41) is 12.4. The Morgan fingerprint density at radius 3 is 2.89 bits per heavy atom. The van der Waals surface area contributed by atoms with Crippen molar-refractivity contribution in [3.05, 3.63) is 29.3 Å². The second-order valence-corrected chi connectivity index (χ2v) is 5.11. The summed E-state index contributed by atoms with van der Waals surface area (Å²) >= 11 is 0. The van der Waals surface area contributed by atoms with Crippen molar-refractivity contribution in [1.82, 2.24) is 5.32 Å². The van der Waals surface area contributed by atoms with Crippen LogP contribution in [0.1, 0.15) is 43.4 Å². The van der Waals surface area contributed by atoms with Crippen LogP contribution in [0.5, 0.6) is 5.75 Å². The van der Waals surface area contributed by atoms with E-state index in [4.69, 9.17) is 9.84 Å². The van der Waals surface area contributed by atoms with Crippen LogP contribution in [0.15, 0.2) is 18.2 Å². The van der Waals surface area contributed by atoms with Crippen LogP contribution in [0.25, 0.3) is 0 Å². The maximum atomic E-state index is 8.77. The molecule has 1 fully saturated rings. The molecule has 1 aliphatic rings. The Morgan fingerprint density at radius 1 is 1.44 bits per heavy atom. The van der Waals surface area contributed by atoms with Gasteiger partial charge in [0.05, 0.1) is 6.61 Å². The van der Waals surface area contributed by atoms with Crippen LogP contribution in [0.4, 0.5) is 0 Å².